The predicted molar refractivity (Wildman–Crippen MR) is 89.7 cm³/mol. The topological polar surface area (TPSA) is 57.8 Å². The Balaban J connectivity index is 2.11. The molecule has 4 heteroatoms. The second kappa shape index (κ2) is 5.44. The van der Waals surface area contributed by atoms with E-state index >= 15 is 0 Å². The minimum absolute atomic E-state index is 0.0709. The zero-order valence-electron chi connectivity index (χ0n) is 13.4. The fourth-order valence-corrected chi connectivity index (χ4v) is 2.75. The first-order valence-corrected chi connectivity index (χ1v) is 7.67. The number of nitrogens with one attached hydrogen (secondary N) is 2. The van der Waals surface area contributed by atoms with Crippen LogP contribution in [0.25, 0.3) is 11.6 Å². The summed E-state index contributed by atoms with van der Waals surface area (Å²) < 4.78 is 0. The van der Waals surface area contributed by atoms with Crippen molar-refractivity contribution in [2.24, 2.45) is 0 Å². The molecule has 1 aliphatic heterocycles. The van der Waals surface area contributed by atoms with Gasteiger partial charge in [-0.3, -0.25) is 9.78 Å². The number of hydrogen-bond acceptors (Lipinski definition) is 2. The first-order chi connectivity index (χ1) is 10.5. The molecule has 0 fully saturated rings. The molecule has 0 radical (unpaired) electrons. The Morgan fingerprint density at radius 2 is 1.95 bits per heavy atom. The maximum Gasteiger partial charge on any atom is 0.256 e. The van der Waals surface area contributed by atoms with Gasteiger partial charge in [-0.2, -0.15) is 0 Å². The Kier molecular flexibility index (Phi) is 3.61. The standard InChI is InChI=1S/C18H21N3O/c1-10(2)13-7-15(11(3)4)20-16(13)8-14-12-5-6-19-9-17(12)21-18(14)22/h5-11,20H,1-4H3,(H,21,22). The van der Waals surface area contributed by atoms with Crippen LogP contribution in [0.5, 0.6) is 0 Å². The van der Waals surface area contributed by atoms with E-state index in [4.69, 9.17) is 0 Å². The number of pyridine rings is 1. The third-order valence-electron chi connectivity index (χ3n) is 4.04. The molecule has 2 aromatic heterocycles. The lowest BCUT2D eigenvalue weighted by molar-refractivity contribution is -0.110. The molecule has 3 heterocycles. The number of anilines is 1. The number of hydrogen-bond donors (Lipinski definition) is 2. The molecule has 0 atom stereocenters. The van der Waals surface area contributed by atoms with Crippen molar-refractivity contribution in [3.8, 4) is 0 Å². The molecule has 2 N–H and O–H groups in total. The summed E-state index contributed by atoms with van der Waals surface area (Å²) in [5.74, 6) is 0.758. The molecule has 1 amide bonds. The van der Waals surface area contributed by atoms with Gasteiger partial charge in [0.25, 0.3) is 5.91 Å². The highest BCUT2D eigenvalue weighted by Gasteiger charge is 2.25. The third-order valence-corrected chi connectivity index (χ3v) is 4.04. The largest absolute Gasteiger partial charge is 0.358 e. The summed E-state index contributed by atoms with van der Waals surface area (Å²) in [5, 5.41) is 2.86. The Hall–Kier alpha value is -2.36. The Morgan fingerprint density at radius 1 is 1.18 bits per heavy atom. The molecule has 0 spiro atoms. The van der Waals surface area contributed by atoms with Crippen LogP contribution in [0.4, 0.5) is 5.69 Å². The van der Waals surface area contributed by atoms with Crippen LogP contribution in [0, 0.1) is 0 Å². The molecule has 0 bridgehead atoms. The molecule has 3 rings (SSSR count). The monoisotopic (exact) mass is 295 g/mol. The molecule has 0 aromatic carbocycles. The highest BCUT2D eigenvalue weighted by Crippen LogP contribution is 2.34. The Labute approximate surface area is 130 Å². The van der Waals surface area contributed by atoms with Crippen molar-refractivity contribution < 1.29 is 4.79 Å². The second-order valence-corrected chi connectivity index (χ2v) is 6.34. The van der Waals surface area contributed by atoms with Gasteiger partial charge in [0.05, 0.1) is 17.5 Å². The van der Waals surface area contributed by atoms with Crippen molar-refractivity contribution in [1.82, 2.24) is 9.97 Å². The zero-order chi connectivity index (χ0) is 15.9. The fourth-order valence-electron chi connectivity index (χ4n) is 2.75. The number of amides is 1. The van der Waals surface area contributed by atoms with Crippen LogP contribution in [0.2, 0.25) is 0 Å². The summed E-state index contributed by atoms with van der Waals surface area (Å²) in [6, 6.07) is 4.09. The minimum Gasteiger partial charge on any atom is -0.358 e. The van der Waals surface area contributed by atoms with Gasteiger partial charge in [0, 0.05) is 23.1 Å². The highest BCUT2D eigenvalue weighted by molar-refractivity contribution is 6.34. The van der Waals surface area contributed by atoms with Crippen LogP contribution in [0.3, 0.4) is 0 Å². The van der Waals surface area contributed by atoms with E-state index in [-0.39, 0.29) is 5.91 Å². The van der Waals surface area contributed by atoms with Crippen LogP contribution < -0.4 is 5.32 Å². The first-order valence-electron chi connectivity index (χ1n) is 7.67. The number of carbonyl (C=O) groups excluding carboxylic acids is 1. The first kappa shape index (κ1) is 14.6. The van der Waals surface area contributed by atoms with Gasteiger partial charge in [0.2, 0.25) is 0 Å². The van der Waals surface area contributed by atoms with Crippen LogP contribution in [0.1, 0.15) is 62.0 Å². The van der Waals surface area contributed by atoms with Gasteiger partial charge in [-0.25, -0.2) is 0 Å². The van der Waals surface area contributed by atoms with Crippen molar-refractivity contribution in [2.45, 2.75) is 39.5 Å². The maximum absolute atomic E-state index is 12.2. The molecule has 2 aromatic rings. The number of nitrogens with zero attached hydrogens (tertiary/aromatic N) is 1. The summed E-state index contributed by atoms with van der Waals surface area (Å²) >= 11 is 0. The molecule has 0 aliphatic carbocycles. The summed E-state index contributed by atoms with van der Waals surface area (Å²) in [4.78, 5) is 19.8. The van der Waals surface area contributed by atoms with Crippen molar-refractivity contribution >= 4 is 23.2 Å². The molecular formula is C18H21N3O. The molecule has 114 valence electrons. The predicted octanol–water partition coefficient (Wildman–Crippen LogP) is 4.15. The third kappa shape index (κ3) is 2.45. The van der Waals surface area contributed by atoms with E-state index in [2.05, 4.69) is 49.0 Å². The van der Waals surface area contributed by atoms with E-state index in [1.807, 2.05) is 12.1 Å². The summed E-state index contributed by atoms with van der Waals surface area (Å²) in [6.07, 6.45) is 5.36. The normalized spacial score (nSPS) is 15.7. The van der Waals surface area contributed by atoms with Crippen LogP contribution in [-0.2, 0) is 4.79 Å². The summed E-state index contributed by atoms with van der Waals surface area (Å²) in [5.41, 5.74) is 5.84. The number of fused-ring (bicyclic) bond motifs is 1. The van der Waals surface area contributed by atoms with Gasteiger partial charge in [-0.15, -0.1) is 0 Å². The van der Waals surface area contributed by atoms with E-state index in [9.17, 15) is 4.79 Å². The Morgan fingerprint density at radius 3 is 2.64 bits per heavy atom. The second-order valence-electron chi connectivity index (χ2n) is 6.34. The zero-order valence-corrected chi connectivity index (χ0v) is 13.4. The summed E-state index contributed by atoms with van der Waals surface area (Å²) in [7, 11) is 0. The fraction of sp³-hybridized carbons (Fsp3) is 0.333. The van der Waals surface area contributed by atoms with Crippen LogP contribution in [-0.4, -0.2) is 15.9 Å². The number of rotatable bonds is 3. The molecule has 22 heavy (non-hydrogen) atoms. The number of carbonyl (C=O) groups is 1. The lowest BCUT2D eigenvalue weighted by Gasteiger charge is -2.04. The highest BCUT2D eigenvalue weighted by atomic mass is 16.2. The molecule has 0 unspecified atom stereocenters. The smallest absolute Gasteiger partial charge is 0.256 e. The molecule has 0 saturated heterocycles. The number of aromatic nitrogens is 2. The number of aromatic amines is 1. The van der Waals surface area contributed by atoms with Crippen molar-refractivity contribution in [3.05, 3.63) is 47.0 Å². The van der Waals surface area contributed by atoms with Crippen LogP contribution in [0.15, 0.2) is 24.5 Å². The lowest BCUT2D eigenvalue weighted by atomic mass is 10.00. The average molecular weight is 295 g/mol. The average Bonchev–Trinajstić information content (AvgIpc) is 3.02. The van der Waals surface area contributed by atoms with Gasteiger partial charge in [0.1, 0.15) is 0 Å². The SMILES string of the molecule is CC(C)c1cc(C(C)C)c(C=C2C(=O)Nc3cnccc32)[nH]1. The van der Waals surface area contributed by atoms with Crippen molar-refractivity contribution in [3.63, 3.8) is 0 Å². The van der Waals surface area contributed by atoms with Gasteiger partial charge in [-0.1, -0.05) is 27.7 Å². The van der Waals surface area contributed by atoms with E-state index in [1.54, 1.807) is 12.4 Å². The summed E-state index contributed by atoms with van der Waals surface area (Å²) in [6.45, 7) is 8.66. The number of H-pyrrole nitrogens is 1. The van der Waals surface area contributed by atoms with Gasteiger partial charge >= 0.3 is 0 Å². The van der Waals surface area contributed by atoms with Crippen LogP contribution >= 0.6 is 0 Å². The maximum atomic E-state index is 12.2. The quantitative estimate of drug-likeness (QED) is 0.836. The van der Waals surface area contributed by atoms with E-state index in [0.717, 1.165) is 16.9 Å². The van der Waals surface area contributed by atoms with Gasteiger partial charge < -0.3 is 10.3 Å². The van der Waals surface area contributed by atoms with Crippen molar-refractivity contribution in [2.75, 3.05) is 5.32 Å². The lowest BCUT2D eigenvalue weighted by Crippen LogP contribution is -2.04. The van der Waals surface area contributed by atoms with E-state index in [0.29, 0.717) is 17.4 Å². The Bertz CT molecular complexity index is 753. The van der Waals surface area contributed by atoms with E-state index < -0.39 is 0 Å². The van der Waals surface area contributed by atoms with Crippen molar-refractivity contribution in [1.29, 1.82) is 0 Å². The minimum atomic E-state index is -0.0709. The molecule has 4 nitrogen and oxygen atoms in total. The van der Waals surface area contributed by atoms with Gasteiger partial charge in [-0.05, 0) is 35.6 Å². The van der Waals surface area contributed by atoms with E-state index in [1.165, 1.54) is 11.3 Å². The molecule has 1 aliphatic rings. The molecular weight excluding hydrogens is 274 g/mol. The van der Waals surface area contributed by atoms with Gasteiger partial charge in [0.15, 0.2) is 0 Å². The molecule has 0 saturated carbocycles.